The van der Waals surface area contributed by atoms with Gasteiger partial charge in [-0.2, -0.15) is 0 Å². The summed E-state index contributed by atoms with van der Waals surface area (Å²) in [5, 5.41) is 12.2. The Morgan fingerprint density at radius 2 is 1.90 bits per heavy atom. The Balaban J connectivity index is 2.28. The van der Waals surface area contributed by atoms with Crippen LogP contribution in [0, 0.1) is 0 Å². The first kappa shape index (κ1) is 17.0. The van der Waals surface area contributed by atoms with Crippen molar-refractivity contribution in [3.63, 3.8) is 0 Å². The Kier molecular flexibility index (Phi) is 7.59. The molecule has 0 aliphatic carbocycles. The highest BCUT2D eigenvalue weighted by Gasteiger charge is 2.28. The second kappa shape index (κ2) is 8.95. The van der Waals surface area contributed by atoms with E-state index >= 15 is 0 Å². The summed E-state index contributed by atoms with van der Waals surface area (Å²) < 4.78 is 0. The van der Waals surface area contributed by atoms with E-state index < -0.39 is 5.97 Å². The Morgan fingerprint density at radius 1 is 1.25 bits per heavy atom. The van der Waals surface area contributed by atoms with Gasteiger partial charge in [0.15, 0.2) is 0 Å². The van der Waals surface area contributed by atoms with Crippen molar-refractivity contribution in [3.8, 4) is 0 Å². The van der Waals surface area contributed by atoms with Gasteiger partial charge in [-0.05, 0) is 25.7 Å². The summed E-state index contributed by atoms with van der Waals surface area (Å²) in [5.74, 6) is -0.600. The summed E-state index contributed by atoms with van der Waals surface area (Å²) in [6.07, 6.45) is 6.12. The molecule has 5 nitrogen and oxygen atoms in total. The first-order valence-electron chi connectivity index (χ1n) is 7.84. The van der Waals surface area contributed by atoms with Crippen molar-refractivity contribution in [1.82, 2.24) is 10.2 Å². The monoisotopic (exact) mass is 284 g/mol. The molecule has 1 amide bonds. The third-order valence-electron chi connectivity index (χ3n) is 4.01. The maximum Gasteiger partial charge on any atom is 0.320 e. The van der Waals surface area contributed by atoms with E-state index in [2.05, 4.69) is 12.2 Å². The van der Waals surface area contributed by atoms with E-state index in [-0.39, 0.29) is 18.0 Å². The Labute approximate surface area is 121 Å². The van der Waals surface area contributed by atoms with Gasteiger partial charge < -0.3 is 10.4 Å². The molecule has 1 heterocycles. The van der Waals surface area contributed by atoms with Crippen LogP contribution in [0.4, 0.5) is 0 Å². The summed E-state index contributed by atoms with van der Waals surface area (Å²) in [6.45, 7) is 5.54. The van der Waals surface area contributed by atoms with Gasteiger partial charge in [0.1, 0.15) is 6.04 Å². The molecule has 1 fully saturated rings. The van der Waals surface area contributed by atoms with E-state index in [9.17, 15) is 9.59 Å². The molecule has 0 spiro atoms. The highest BCUT2D eigenvalue weighted by atomic mass is 16.4. The average Bonchev–Trinajstić information content (AvgIpc) is 2.41. The molecular formula is C15H28N2O3. The molecule has 116 valence electrons. The maximum atomic E-state index is 11.7. The van der Waals surface area contributed by atoms with Crippen LogP contribution in [-0.4, -0.2) is 47.1 Å². The smallest absolute Gasteiger partial charge is 0.320 e. The van der Waals surface area contributed by atoms with Gasteiger partial charge in [-0.25, -0.2) is 0 Å². The molecule has 2 N–H and O–H groups in total. The fourth-order valence-electron chi connectivity index (χ4n) is 2.78. The van der Waals surface area contributed by atoms with Crippen molar-refractivity contribution in [2.45, 2.75) is 70.9 Å². The number of amides is 1. The molecular weight excluding hydrogens is 256 g/mol. The summed E-state index contributed by atoms with van der Waals surface area (Å²) in [4.78, 5) is 24.9. The molecule has 0 aromatic rings. The third-order valence-corrected chi connectivity index (χ3v) is 4.01. The SMILES string of the molecule is CCCCCC(=O)NC1CCN(C(CC)C(=O)O)CC1. The number of likely N-dealkylation sites (tertiary alicyclic amines) is 1. The van der Waals surface area contributed by atoms with Crippen LogP contribution in [0.2, 0.25) is 0 Å². The van der Waals surface area contributed by atoms with E-state index in [1.807, 2.05) is 11.8 Å². The maximum absolute atomic E-state index is 11.7. The van der Waals surface area contributed by atoms with Crippen molar-refractivity contribution < 1.29 is 14.7 Å². The molecule has 1 unspecified atom stereocenters. The third kappa shape index (κ3) is 5.49. The molecule has 1 aliphatic rings. The molecule has 0 radical (unpaired) electrons. The quantitative estimate of drug-likeness (QED) is 0.669. The predicted octanol–water partition coefficient (Wildman–Crippen LogP) is 2.01. The van der Waals surface area contributed by atoms with Crippen molar-refractivity contribution in [2.75, 3.05) is 13.1 Å². The second-order valence-electron chi connectivity index (χ2n) is 5.60. The van der Waals surface area contributed by atoms with Crippen LogP contribution >= 0.6 is 0 Å². The summed E-state index contributed by atoms with van der Waals surface area (Å²) in [6, 6.07) is -0.164. The first-order valence-corrected chi connectivity index (χ1v) is 7.84. The molecule has 1 aliphatic heterocycles. The van der Waals surface area contributed by atoms with Crippen LogP contribution in [0.25, 0.3) is 0 Å². The molecule has 0 saturated carbocycles. The molecule has 1 saturated heterocycles. The number of carbonyl (C=O) groups excluding carboxylic acids is 1. The Bertz CT molecular complexity index is 312. The van der Waals surface area contributed by atoms with Crippen molar-refractivity contribution in [3.05, 3.63) is 0 Å². The minimum Gasteiger partial charge on any atom is -0.480 e. The van der Waals surface area contributed by atoms with Crippen LogP contribution in [0.3, 0.4) is 0 Å². The van der Waals surface area contributed by atoms with E-state index in [1.54, 1.807) is 0 Å². The number of nitrogens with one attached hydrogen (secondary N) is 1. The second-order valence-corrected chi connectivity index (χ2v) is 5.60. The lowest BCUT2D eigenvalue weighted by atomic mass is 10.0. The number of hydrogen-bond donors (Lipinski definition) is 2. The number of hydrogen-bond acceptors (Lipinski definition) is 3. The van der Waals surface area contributed by atoms with Crippen LogP contribution in [0.1, 0.15) is 58.8 Å². The van der Waals surface area contributed by atoms with Gasteiger partial charge in [0, 0.05) is 25.6 Å². The van der Waals surface area contributed by atoms with Gasteiger partial charge >= 0.3 is 5.97 Å². The lowest BCUT2D eigenvalue weighted by molar-refractivity contribution is -0.144. The van der Waals surface area contributed by atoms with Gasteiger partial charge in [0.25, 0.3) is 0 Å². The number of piperidine rings is 1. The normalized spacial score (nSPS) is 18.7. The highest BCUT2D eigenvalue weighted by Crippen LogP contribution is 2.15. The Morgan fingerprint density at radius 3 is 2.40 bits per heavy atom. The number of rotatable bonds is 8. The lowest BCUT2D eigenvalue weighted by Crippen LogP contribution is -2.50. The van der Waals surface area contributed by atoms with E-state index in [0.29, 0.717) is 12.8 Å². The topological polar surface area (TPSA) is 69.6 Å². The van der Waals surface area contributed by atoms with Crippen molar-refractivity contribution in [2.24, 2.45) is 0 Å². The molecule has 0 bridgehead atoms. The van der Waals surface area contributed by atoms with Crippen LogP contribution in [0.15, 0.2) is 0 Å². The standard InChI is InChI=1S/C15H28N2O3/c1-3-5-6-7-14(18)16-12-8-10-17(11-9-12)13(4-2)15(19)20/h12-13H,3-11H2,1-2H3,(H,16,18)(H,19,20). The fourth-order valence-corrected chi connectivity index (χ4v) is 2.78. The minimum absolute atomic E-state index is 0.141. The summed E-state index contributed by atoms with van der Waals surface area (Å²) >= 11 is 0. The average molecular weight is 284 g/mol. The number of carboxylic acid groups (broad SMARTS) is 1. The van der Waals surface area contributed by atoms with Crippen LogP contribution < -0.4 is 5.32 Å². The fraction of sp³-hybridized carbons (Fsp3) is 0.867. The highest BCUT2D eigenvalue weighted by molar-refractivity contribution is 5.76. The number of carbonyl (C=O) groups is 2. The summed E-state index contributed by atoms with van der Waals surface area (Å²) in [7, 11) is 0. The Hall–Kier alpha value is -1.10. The predicted molar refractivity (Wildman–Crippen MR) is 78.6 cm³/mol. The van der Waals surface area contributed by atoms with Crippen LogP contribution in [0.5, 0.6) is 0 Å². The minimum atomic E-state index is -0.741. The zero-order valence-corrected chi connectivity index (χ0v) is 12.7. The van der Waals surface area contributed by atoms with Crippen molar-refractivity contribution >= 4 is 11.9 Å². The number of aliphatic carboxylic acids is 1. The van der Waals surface area contributed by atoms with Crippen LogP contribution in [-0.2, 0) is 9.59 Å². The zero-order valence-electron chi connectivity index (χ0n) is 12.7. The van der Waals surface area contributed by atoms with Crippen molar-refractivity contribution in [1.29, 1.82) is 0 Å². The lowest BCUT2D eigenvalue weighted by Gasteiger charge is -2.35. The zero-order chi connectivity index (χ0) is 15.0. The van der Waals surface area contributed by atoms with Gasteiger partial charge in [0.2, 0.25) is 5.91 Å². The number of nitrogens with zero attached hydrogens (tertiary/aromatic N) is 1. The molecule has 0 aromatic carbocycles. The van der Waals surface area contributed by atoms with E-state index in [1.165, 1.54) is 0 Å². The molecule has 5 heteroatoms. The molecule has 20 heavy (non-hydrogen) atoms. The molecule has 1 rings (SSSR count). The molecule has 0 aromatic heterocycles. The van der Waals surface area contributed by atoms with Gasteiger partial charge in [-0.3, -0.25) is 14.5 Å². The van der Waals surface area contributed by atoms with Gasteiger partial charge in [-0.15, -0.1) is 0 Å². The van der Waals surface area contributed by atoms with Gasteiger partial charge in [0.05, 0.1) is 0 Å². The van der Waals surface area contributed by atoms with Gasteiger partial charge in [-0.1, -0.05) is 26.7 Å². The number of unbranched alkanes of at least 4 members (excludes halogenated alkanes) is 2. The number of carboxylic acids is 1. The van der Waals surface area contributed by atoms with E-state index in [0.717, 1.165) is 45.2 Å². The first-order chi connectivity index (χ1) is 9.58. The molecule has 1 atom stereocenters. The van der Waals surface area contributed by atoms with E-state index in [4.69, 9.17) is 5.11 Å². The summed E-state index contributed by atoms with van der Waals surface area (Å²) in [5.41, 5.74) is 0. The largest absolute Gasteiger partial charge is 0.480 e.